The highest BCUT2D eigenvalue weighted by Gasteiger charge is 2.32. The van der Waals surface area contributed by atoms with Gasteiger partial charge in [-0.15, -0.1) is 0 Å². The first kappa shape index (κ1) is 29.5. The summed E-state index contributed by atoms with van der Waals surface area (Å²) < 4.78 is 9.25. The van der Waals surface area contributed by atoms with Gasteiger partial charge in [-0.1, -0.05) is 36.4 Å². The fraction of sp³-hybridized carbons (Fsp3) is 0.438. The molecule has 1 unspecified atom stereocenters. The Labute approximate surface area is 245 Å². The molecule has 0 bridgehead atoms. The van der Waals surface area contributed by atoms with Crippen molar-refractivity contribution in [2.45, 2.75) is 64.2 Å². The molecule has 2 saturated heterocycles. The average molecular weight is 575 g/mol. The minimum Gasteiger partial charge on any atom is -0.473 e. The SMILES string of the molecule is Cc1c(-c2ccc(N3CCCCC3=O)cc2)nc2n1CCc1ccccc1C2OC1CCN(C)CC1.O=C(O)C(=O)O. The summed E-state index contributed by atoms with van der Waals surface area (Å²) >= 11 is 0. The summed E-state index contributed by atoms with van der Waals surface area (Å²) in [5.41, 5.74) is 6.88. The molecule has 3 aliphatic rings. The van der Waals surface area contributed by atoms with Crippen LogP contribution in [0.25, 0.3) is 11.3 Å². The zero-order chi connectivity index (χ0) is 29.8. The molecule has 42 heavy (non-hydrogen) atoms. The van der Waals surface area contributed by atoms with Crippen molar-refractivity contribution >= 4 is 23.5 Å². The number of carboxylic acid groups (broad SMARTS) is 2. The van der Waals surface area contributed by atoms with E-state index in [1.54, 1.807) is 0 Å². The number of ether oxygens (including phenoxy) is 1. The molecular weight excluding hydrogens is 536 g/mol. The first-order valence-electron chi connectivity index (χ1n) is 14.6. The number of aromatic nitrogens is 2. The number of likely N-dealkylation sites (tertiary alicyclic amines) is 1. The number of aryl methyl sites for hydroxylation is 1. The molecule has 1 atom stereocenters. The van der Waals surface area contributed by atoms with Gasteiger partial charge in [-0.05, 0) is 69.3 Å². The molecule has 0 saturated carbocycles. The molecule has 1 amide bonds. The largest absolute Gasteiger partial charge is 0.473 e. The molecule has 10 nitrogen and oxygen atoms in total. The lowest BCUT2D eigenvalue weighted by Gasteiger charge is -2.32. The zero-order valence-electron chi connectivity index (χ0n) is 24.2. The van der Waals surface area contributed by atoms with Gasteiger partial charge in [0.05, 0.1) is 11.8 Å². The standard InChI is InChI=1S/C30H36N4O2.C2H2O4/c1-21-28(23-10-12-24(13-11-23)34-17-6-5-9-27(34)35)31-30-29(36-25-15-18-32(2)19-16-25)26-8-4-3-7-22(26)14-20-33(21)30;3-1(4)2(5)6/h3-4,7-8,10-13,25,29H,5-6,9,14-20H2,1-2H3;(H,3,4)(H,5,6). The van der Waals surface area contributed by atoms with Crippen molar-refractivity contribution in [2.75, 3.05) is 31.6 Å². The minimum atomic E-state index is -1.82. The summed E-state index contributed by atoms with van der Waals surface area (Å²) in [6.07, 6.45) is 5.88. The van der Waals surface area contributed by atoms with Crippen LogP contribution in [0.4, 0.5) is 5.69 Å². The van der Waals surface area contributed by atoms with Gasteiger partial charge in [-0.25, -0.2) is 14.6 Å². The Hall–Kier alpha value is -4.02. The first-order chi connectivity index (χ1) is 20.2. The van der Waals surface area contributed by atoms with Crippen LogP contribution in [0, 0.1) is 6.92 Å². The van der Waals surface area contributed by atoms with Gasteiger partial charge in [-0.3, -0.25) is 4.79 Å². The highest BCUT2D eigenvalue weighted by Crippen LogP contribution is 2.38. The average Bonchev–Trinajstić information content (AvgIpc) is 3.23. The van der Waals surface area contributed by atoms with Crippen LogP contribution in [-0.4, -0.2) is 75.3 Å². The van der Waals surface area contributed by atoms with Crippen molar-refractivity contribution in [3.05, 3.63) is 71.2 Å². The van der Waals surface area contributed by atoms with Crippen LogP contribution in [0.1, 0.15) is 60.9 Å². The summed E-state index contributed by atoms with van der Waals surface area (Å²) in [5, 5.41) is 14.8. The normalized spacial score (nSPS) is 19.2. The van der Waals surface area contributed by atoms with Crippen molar-refractivity contribution in [3.63, 3.8) is 0 Å². The summed E-state index contributed by atoms with van der Waals surface area (Å²) in [4.78, 5) is 40.1. The molecule has 222 valence electrons. The summed E-state index contributed by atoms with van der Waals surface area (Å²) in [7, 11) is 2.19. The maximum atomic E-state index is 12.4. The van der Waals surface area contributed by atoms with E-state index in [9.17, 15) is 4.79 Å². The Morgan fingerprint density at radius 2 is 1.60 bits per heavy atom. The molecule has 10 heteroatoms. The topological polar surface area (TPSA) is 125 Å². The van der Waals surface area contributed by atoms with E-state index in [1.807, 2.05) is 4.90 Å². The summed E-state index contributed by atoms with van der Waals surface area (Å²) in [6.45, 7) is 6.04. The fourth-order valence-corrected chi connectivity index (χ4v) is 6.03. The van der Waals surface area contributed by atoms with Gasteiger partial charge in [0.15, 0.2) is 0 Å². The van der Waals surface area contributed by atoms with Gasteiger partial charge in [0.25, 0.3) is 0 Å². The Morgan fingerprint density at radius 3 is 2.26 bits per heavy atom. The van der Waals surface area contributed by atoms with Crippen molar-refractivity contribution < 1.29 is 29.3 Å². The number of hydrogen-bond donors (Lipinski definition) is 2. The number of anilines is 1. The number of hydrogen-bond acceptors (Lipinski definition) is 6. The molecule has 2 fully saturated rings. The van der Waals surface area contributed by atoms with Crippen molar-refractivity contribution in [1.82, 2.24) is 14.5 Å². The van der Waals surface area contributed by atoms with Gasteiger partial charge in [0.1, 0.15) is 11.9 Å². The van der Waals surface area contributed by atoms with Crippen molar-refractivity contribution in [2.24, 2.45) is 0 Å². The molecule has 2 aromatic carbocycles. The Balaban J connectivity index is 0.000000535. The third-order valence-electron chi connectivity index (χ3n) is 8.38. The number of piperidine rings is 2. The molecule has 3 aliphatic heterocycles. The van der Waals surface area contributed by atoms with E-state index in [-0.39, 0.29) is 18.1 Å². The van der Waals surface area contributed by atoms with E-state index in [0.29, 0.717) is 6.42 Å². The molecule has 6 rings (SSSR count). The molecule has 4 heterocycles. The van der Waals surface area contributed by atoms with E-state index < -0.39 is 11.9 Å². The number of nitrogens with zero attached hydrogens (tertiary/aromatic N) is 4. The number of carboxylic acids is 2. The first-order valence-corrected chi connectivity index (χ1v) is 14.6. The van der Waals surface area contributed by atoms with Crippen LogP contribution < -0.4 is 4.90 Å². The van der Waals surface area contributed by atoms with Gasteiger partial charge in [0.2, 0.25) is 5.91 Å². The van der Waals surface area contributed by atoms with E-state index in [4.69, 9.17) is 29.5 Å². The lowest BCUT2D eigenvalue weighted by molar-refractivity contribution is -0.159. The van der Waals surface area contributed by atoms with Gasteiger partial charge >= 0.3 is 11.9 Å². The van der Waals surface area contributed by atoms with Crippen LogP contribution >= 0.6 is 0 Å². The van der Waals surface area contributed by atoms with E-state index >= 15 is 0 Å². The molecule has 0 aliphatic carbocycles. The number of rotatable bonds is 4. The second-order valence-corrected chi connectivity index (χ2v) is 11.2. The van der Waals surface area contributed by atoms with E-state index in [2.05, 4.69) is 72.0 Å². The number of fused-ring (bicyclic) bond motifs is 2. The van der Waals surface area contributed by atoms with E-state index in [1.165, 1.54) is 16.8 Å². The minimum absolute atomic E-state index is 0.158. The predicted octanol–water partition coefficient (Wildman–Crippen LogP) is 4.29. The smallest absolute Gasteiger partial charge is 0.414 e. The lowest BCUT2D eigenvalue weighted by Crippen LogP contribution is -2.35. The van der Waals surface area contributed by atoms with Crippen LogP contribution in [0.3, 0.4) is 0 Å². The molecule has 3 aromatic rings. The summed E-state index contributed by atoms with van der Waals surface area (Å²) in [5.74, 6) is -2.40. The molecule has 0 spiro atoms. The second kappa shape index (κ2) is 12.9. The predicted molar refractivity (Wildman–Crippen MR) is 157 cm³/mol. The third kappa shape index (κ3) is 6.39. The van der Waals surface area contributed by atoms with Crippen LogP contribution in [0.5, 0.6) is 0 Å². The fourth-order valence-electron chi connectivity index (χ4n) is 6.03. The number of benzene rings is 2. The van der Waals surface area contributed by atoms with E-state index in [0.717, 1.165) is 81.1 Å². The third-order valence-corrected chi connectivity index (χ3v) is 8.38. The Kier molecular flexibility index (Phi) is 9.03. The molecule has 0 radical (unpaired) electrons. The second-order valence-electron chi connectivity index (χ2n) is 11.2. The maximum absolute atomic E-state index is 12.4. The number of carbonyl (C=O) groups excluding carboxylic acids is 1. The van der Waals surface area contributed by atoms with Crippen molar-refractivity contribution in [3.8, 4) is 11.3 Å². The molecule has 2 N–H and O–H groups in total. The highest BCUT2D eigenvalue weighted by molar-refractivity contribution is 6.27. The zero-order valence-corrected chi connectivity index (χ0v) is 24.2. The highest BCUT2D eigenvalue weighted by atomic mass is 16.5. The Bertz CT molecular complexity index is 1430. The van der Waals surface area contributed by atoms with Crippen LogP contribution in [0.2, 0.25) is 0 Å². The van der Waals surface area contributed by atoms with Crippen LogP contribution in [0.15, 0.2) is 48.5 Å². The number of imidazole rings is 1. The Morgan fingerprint density at radius 1 is 0.905 bits per heavy atom. The van der Waals surface area contributed by atoms with Crippen LogP contribution in [-0.2, 0) is 32.1 Å². The molecular formula is C32H38N4O6. The maximum Gasteiger partial charge on any atom is 0.414 e. The van der Waals surface area contributed by atoms with Gasteiger partial charge < -0.3 is 29.3 Å². The lowest BCUT2D eigenvalue weighted by atomic mass is 9.99. The number of carbonyl (C=O) groups is 3. The quantitative estimate of drug-likeness (QED) is 0.442. The van der Waals surface area contributed by atoms with Gasteiger partial charge in [0, 0.05) is 49.5 Å². The van der Waals surface area contributed by atoms with Gasteiger partial charge in [-0.2, -0.15) is 0 Å². The monoisotopic (exact) mass is 574 g/mol. The number of amides is 1. The van der Waals surface area contributed by atoms with Crippen molar-refractivity contribution in [1.29, 1.82) is 0 Å². The number of aliphatic carboxylic acids is 2. The summed E-state index contributed by atoms with van der Waals surface area (Å²) in [6, 6.07) is 17.1. The molecule has 1 aromatic heterocycles.